The van der Waals surface area contributed by atoms with E-state index >= 15 is 0 Å². The molecule has 0 atom stereocenters. The predicted octanol–water partition coefficient (Wildman–Crippen LogP) is 1.06. The number of nitrogens with one attached hydrogen (secondary N) is 1. The molecule has 20 heavy (non-hydrogen) atoms. The van der Waals surface area contributed by atoms with Crippen molar-refractivity contribution >= 4 is 15.7 Å². The summed E-state index contributed by atoms with van der Waals surface area (Å²) >= 11 is 0. The van der Waals surface area contributed by atoms with E-state index < -0.39 is 10.0 Å². The lowest BCUT2D eigenvalue weighted by atomic mass is 10.1. The van der Waals surface area contributed by atoms with Gasteiger partial charge in [0.15, 0.2) is 0 Å². The topological polar surface area (TPSA) is 90.0 Å². The van der Waals surface area contributed by atoms with Crippen molar-refractivity contribution in [2.45, 2.75) is 25.3 Å². The van der Waals surface area contributed by atoms with Gasteiger partial charge in [0, 0.05) is 31.2 Å². The number of imidazole rings is 1. The SMILES string of the molecule is Cc1cc(S(=O)(=O)NCCn2ccnc2)cc(N)c1C. The first-order chi connectivity index (χ1) is 9.40. The van der Waals surface area contributed by atoms with Gasteiger partial charge in [-0.05, 0) is 37.1 Å². The first-order valence-corrected chi connectivity index (χ1v) is 7.70. The maximum atomic E-state index is 12.2. The normalized spacial score (nSPS) is 11.7. The van der Waals surface area contributed by atoms with Crippen LogP contribution in [0.3, 0.4) is 0 Å². The largest absolute Gasteiger partial charge is 0.398 e. The molecule has 7 heteroatoms. The molecule has 0 aliphatic rings. The summed E-state index contributed by atoms with van der Waals surface area (Å²) in [5.74, 6) is 0. The maximum Gasteiger partial charge on any atom is 0.240 e. The van der Waals surface area contributed by atoms with Crippen molar-refractivity contribution in [1.82, 2.24) is 14.3 Å². The predicted molar refractivity (Wildman–Crippen MR) is 77.7 cm³/mol. The van der Waals surface area contributed by atoms with E-state index in [1.807, 2.05) is 13.8 Å². The van der Waals surface area contributed by atoms with Crippen molar-refractivity contribution in [3.8, 4) is 0 Å². The molecule has 0 unspecified atom stereocenters. The Morgan fingerprint density at radius 1 is 1.35 bits per heavy atom. The number of hydrogen-bond donors (Lipinski definition) is 2. The summed E-state index contributed by atoms with van der Waals surface area (Å²) in [5.41, 5.74) is 8.07. The van der Waals surface area contributed by atoms with Gasteiger partial charge in [0.1, 0.15) is 0 Å². The van der Waals surface area contributed by atoms with Gasteiger partial charge in [-0.1, -0.05) is 0 Å². The number of hydrogen-bond acceptors (Lipinski definition) is 4. The van der Waals surface area contributed by atoms with E-state index in [0.29, 0.717) is 18.8 Å². The van der Waals surface area contributed by atoms with Crippen LogP contribution in [0.4, 0.5) is 5.69 Å². The van der Waals surface area contributed by atoms with Gasteiger partial charge in [0.2, 0.25) is 10.0 Å². The number of aromatic nitrogens is 2. The summed E-state index contributed by atoms with van der Waals surface area (Å²) in [6.07, 6.45) is 5.07. The lowest BCUT2D eigenvalue weighted by Crippen LogP contribution is -2.27. The zero-order valence-corrected chi connectivity index (χ0v) is 12.3. The molecule has 0 aliphatic heterocycles. The lowest BCUT2D eigenvalue weighted by Gasteiger charge is -2.11. The van der Waals surface area contributed by atoms with E-state index in [1.165, 1.54) is 6.07 Å². The van der Waals surface area contributed by atoms with Gasteiger partial charge in [-0.2, -0.15) is 0 Å². The van der Waals surface area contributed by atoms with Crippen LogP contribution in [-0.2, 0) is 16.6 Å². The third-order valence-electron chi connectivity index (χ3n) is 3.21. The highest BCUT2D eigenvalue weighted by atomic mass is 32.2. The molecule has 1 aromatic heterocycles. The van der Waals surface area contributed by atoms with Crippen LogP contribution in [-0.4, -0.2) is 24.5 Å². The minimum Gasteiger partial charge on any atom is -0.398 e. The highest BCUT2D eigenvalue weighted by molar-refractivity contribution is 7.89. The molecule has 0 saturated carbocycles. The van der Waals surface area contributed by atoms with Crippen LogP contribution in [0.25, 0.3) is 0 Å². The number of benzene rings is 1. The van der Waals surface area contributed by atoms with Gasteiger partial charge >= 0.3 is 0 Å². The van der Waals surface area contributed by atoms with Gasteiger partial charge in [-0.25, -0.2) is 18.1 Å². The molecule has 0 radical (unpaired) electrons. The monoisotopic (exact) mass is 294 g/mol. The molecular formula is C13H18N4O2S. The molecule has 0 saturated heterocycles. The molecule has 0 spiro atoms. The fourth-order valence-electron chi connectivity index (χ4n) is 1.82. The van der Waals surface area contributed by atoms with Crippen molar-refractivity contribution in [2.75, 3.05) is 12.3 Å². The number of aryl methyl sites for hydroxylation is 1. The number of nitrogens with two attached hydrogens (primary N) is 1. The van der Waals surface area contributed by atoms with Crippen molar-refractivity contribution in [3.05, 3.63) is 42.0 Å². The number of rotatable bonds is 5. The minimum atomic E-state index is -3.54. The van der Waals surface area contributed by atoms with E-state index in [0.717, 1.165) is 11.1 Å². The molecule has 108 valence electrons. The number of nitrogen functional groups attached to an aromatic ring is 1. The summed E-state index contributed by atoms with van der Waals surface area (Å²) in [5, 5.41) is 0. The molecule has 2 rings (SSSR count). The van der Waals surface area contributed by atoms with E-state index in [4.69, 9.17) is 5.73 Å². The standard InChI is InChI=1S/C13H18N4O2S/c1-10-7-12(8-13(14)11(10)2)20(18,19)16-4-6-17-5-3-15-9-17/h3,5,7-9,16H,4,6,14H2,1-2H3. The molecular weight excluding hydrogens is 276 g/mol. The average Bonchev–Trinajstić information content (AvgIpc) is 2.88. The second-order valence-corrected chi connectivity index (χ2v) is 6.42. The van der Waals surface area contributed by atoms with Crippen LogP contribution in [0.15, 0.2) is 35.7 Å². The van der Waals surface area contributed by atoms with Crippen LogP contribution in [0, 0.1) is 13.8 Å². The van der Waals surface area contributed by atoms with Gasteiger partial charge in [-0.15, -0.1) is 0 Å². The quantitative estimate of drug-likeness (QED) is 0.807. The van der Waals surface area contributed by atoms with Crippen molar-refractivity contribution in [2.24, 2.45) is 0 Å². The molecule has 0 amide bonds. The molecule has 2 aromatic rings. The summed E-state index contributed by atoms with van der Waals surface area (Å²) in [7, 11) is -3.54. The zero-order valence-electron chi connectivity index (χ0n) is 11.5. The zero-order chi connectivity index (χ0) is 14.8. The molecule has 0 bridgehead atoms. The van der Waals surface area contributed by atoms with Crippen LogP contribution < -0.4 is 10.5 Å². The van der Waals surface area contributed by atoms with Crippen molar-refractivity contribution in [3.63, 3.8) is 0 Å². The second kappa shape index (κ2) is 5.64. The minimum absolute atomic E-state index is 0.198. The summed E-state index contributed by atoms with van der Waals surface area (Å²) in [6.45, 7) is 4.54. The van der Waals surface area contributed by atoms with Crippen molar-refractivity contribution < 1.29 is 8.42 Å². The molecule has 3 N–H and O–H groups in total. The fourth-order valence-corrected chi connectivity index (χ4v) is 2.96. The van der Waals surface area contributed by atoms with Crippen LogP contribution in [0.5, 0.6) is 0 Å². The maximum absolute atomic E-state index is 12.2. The first-order valence-electron chi connectivity index (χ1n) is 6.22. The van der Waals surface area contributed by atoms with Crippen LogP contribution >= 0.6 is 0 Å². The highest BCUT2D eigenvalue weighted by Crippen LogP contribution is 2.21. The second-order valence-electron chi connectivity index (χ2n) is 4.65. The van der Waals surface area contributed by atoms with Crippen LogP contribution in [0.2, 0.25) is 0 Å². The Bertz CT molecular complexity index is 670. The molecule has 1 heterocycles. The third-order valence-corrected chi connectivity index (χ3v) is 4.65. The third kappa shape index (κ3) is 3.17. The van der Waals surface area contributed by atoms with Crippen LogP contribution in [0.1, 0.15) is 11.1 Å². The average molecular weight is 294 g/mol. The Morgan fingerprint density at radius 3 is 2.70 bits per heavy atom. The van der Waals surface area contributed by atoms with Gasteiger partial charge < -0.3 is 10.3 Å². The summed E-state index contributed by atoms with van der Waals surface area (Å²) in [4.78, 5) is 4.10. The Balaban J connectivity index is 2.10. The van der Waals surface area contributed by atoms with E-state index in [1.54, 1.807) is 29.4 Å². The number of anilines is 1. The summed E-state index contributed by atoms with van der Waals surface area (Å²) < 4.78 is 28.7. The van der Waals surface area contributed by atoms with E-state index in [-0.39, 0.29) is 4.90 Å². The Labute approximate surface area is 118 Å². The van der Waals surface area contributed by atoms with Gasteiger partial charge in [-0.3, -0.25) is 0 Å². The van der Waals surface area contributed by atoms with E-state index in [2.05, 4.69) is 9.71 Å². The smallest absolute Gasteiger partial charge is 0.240 e. The Hall–Kier alpha value is -1.86. The molecule has 0 fully saturated rings. The van der Waals surface area contributed by atoms with Gasteiger partial charge in [0.05, 0.1) is 11.2 Å². The lowest BCUT2D eigenvalue weighted by molar-refractivity contribution is 0.572. The fraction of sp³-hybridized carbons (Fsp3) is 0.308. The number of nitrogens with zero attached hydrogens (tertiary/aromatic N) is 2. The Morgan fingerprint density at radius 2 is 2.10 bits per heavy atom. The van der Waals surface area contributed by atoms with E-state index in [9.17, 15) is 8.42 Å². The highest BCUT2D eigenvalue weighted by Gasteiger charge is 2.15. The van der Waals surface area contributed by atoms with Crippen molar-refractivity contribution in [1.29, 1.82) is 0 Å². The first kappa shape index (κ1) is 14.5. The Kier molecular flexibility index (Phi) is 4.10. The molecule has 0 aliphatic carbocycles. The number of sulfonamides is 1. The molecule has 1 aromatic carbocycles. The summed E-state index contributed by atoms with van der Waals surface area (Å²) in [6, 6.07) is 3.12. The van der Waals surface area contributed by atoms with Gasteiger partial charge in [0.25, 0.3) is 0 Å². The molecule has 6 nitrogen and oxygen atoms in total.